The second-order valence-electron chi connectivity index (χ2n) is 2.94. The van der Waals surface area contributed by atoms with Gasteiger partial charge in [-0.05, 0) is 6.42 Å². The molecule has 0 aromatic rings. The number of aliphatic hydroxyl groups is 4. The fraction of sp³-hybridized carbons (Fsp3) is 0.667. The Labute approximate surface area is 87.4 Å². The van der Waals surface area contributed by atoms with E-state index in [4.69, 9.17) is 20.4 Å². The molecule has 6 nitrogen and oxygen atoms in total. The van der Waals surface area contributed by atoms with E-state index in [-0.39, 0.29) is 19.6 Å². The van der Waals surface area contributed by atoms with E-state index < -0.39 is 24.8 Å². The molecule has 0 aromatic carbocycles. The highest BCUT2D eigenvalue weighted by Crippen LogP contribution is 1.93. The lowest BCUT2D eigenvalue weighted by molar-refractivity contribution is -0.141. The Morgan fingerprint density at radius 3 is 2.33 bits per heavy atom. The van der Waals surface area contributed by atoms with E-state index in [2.05, 4.69) is 4.74 Å². The zero-order valence-electron chi connectivity index (χ0n) is 8.24. The van der Waals surface area contributed by atoms with E-state index in [1.165, 1.54) is 6.08 Å². The summed E-state index contributed by atoms with van der Waals surface area (Å²) >= 11 is 0. The quantitative estimate of drug-likeness (QED) is 0.297. The van der Waals surface area contributed by atoms with E-state index in [0.717, 1.165) is 6.08 Å². The number of aliphatic hydroxyl groups excluding tert-OH is 4. The molecule has 0 bridgehead atoms. The number of carbonyl (C=O) groups is 1. The predicted molar refractivity (Wildman–Crippen MR) is 50.9 cm³/mol. The molecule has 0 saturated heterocycles. The molecular formula is C9H16O6. The minimum atomic E-state index is -1.08. The Morgan fingerprint density at radius 2 is 1.80 bits per heavy atom. The lowest BCUT2D eigenvalue weighted by Gasteiger charge is -2.06. The fourth-order valence-corrected chi connectivity index (χ4v) is 0.675. The number of rotatable bonds is 7. The molecule has 88 valence electrons. The second kappa shape index (κ2) is 8.37. The van der Waals surface area contributed by atoms with Gasteiger partial charge in [0.05, 0.1) is 19.3 Å². The standard InChI is InChI=1S/C9H16O6/c10-4-7(12)2-1-3-9(14)15-6-8(13)5-11/h1,3,7-8,10-13H,2,4-6H2. The lowest BCUT2D eigenvalue weighted by Crippen LogP contribution is -2.21. The number of hydrogen-bond acceptors (Lipinski definition) is 6. The highest BCUT2D eigenvalue weighted by molar-refractivity contribution is 5.81. The summed E-state index contributed by atoms with van der Waals surface area (Å²) in [5, 5.41) is 34.6. The van der Waals surface area contributed by atoms with Crippen LogP contribution in [0.25, 0.3) is 0 Å². The number of hydrogen-bond donors (Lipinski definition) is 4. The molecule has 0 fully saturated rings. The molecular weight excluding hydrogens is 204 g/mol. The third-order valence-electron chi connectivity index (χ3n) is 1.50. The molecule has 0 amide bonds. The maximum absolute atomic E-state index is 10.9. The van der Waals surface area contributed by atoms with E-state index >= 15 is 0 Å². The van der Waals surface area contributed by atoms with E-state index in [1.54, 1.807) is 0 Å². The monoisotopic (exact) mass is 220 g/mol. The van der Waals surface area contributed by atoms with Crippen LogP contribution in [0.1, 0.15) is 6.42 Å². The maximum atomic E-state index is 10.9. The van der Waals surface area contributed by atoms with Crippen molar-refractivity contribution in [2.75, 3.05) is 19.8 Å². The Morgan fingerprint density at radius 1 is 1.20 bits per heavy atom. The Hall–Kier alpha value is -0.950. The minimum Gasteiger partial charge on any atom is -0.460 e. The van der Waals surface area contributed by atoms with Gasteiger partial charge in [-0.3, -0.25) is 0 Å². The van der Waals surface area contributed by atoms with Crippen LogP contribution in [0.15, 0.2) is 12.2 Å². The van der Waals surface area contributed by atoms with Crippen LogP contribution >= 0.6 is 0 Å². The first-order valence-corrected chi connectivity index (χ1v) is 4.51. The normalized spacial score (nSPS) is 15.2. The van der Waals surface area contributed by atoms with Gasteiger partial charge in [0.25, 0.3) is 0 Å². The van der Waals surface area contributed by atoms with Crippen LogP contribution in [-0.4, -0.2) is 58.4 Å². The van der Waals surface area contributed by atoms with Crippen molar-refractivity contribution in [2.24, 2.45) is 0 Å². The average Bonchev–Trinajstić information content (AvgIpc) is 2.25. The van der Waals surface area contributed by atoms with Crippen LogP contribution in [0.2, 0.25) is 0 Å². The molecule has 15 heavy (non-hydrogen) atoms. The van der Waals surface area contributed by atoms with Crippen LogP contribution in [0.3, 0.4) is 0 Å². The summed E-state index contributed by atoms with van der Waals surface area (Å²) in [5.74, 6) is -0.673. The van der Waals surface area contributed by atoms with E-state index in [9.17, 15) is 4.79 Å². The van der Waals surface area contributed by atoms with Gasteiger partial charge in [-0.25, -0.2) is 4.79 Å². The van der Waals surface area contributed by atoms with Gasteiger partial charge in [-0.1, -0.05) is 6.08 Å². The second-order valence-corrected chi connectivity index (χ2v) is 2.94. The van der Waals surface area contributed by atoms with Crippen molar-refractivity contribution in [1.29, 1.82) is 0 Å². The molecule has 0 aliphatic heterocycles. The fourth-order valence-electron chi connectivity index (χ4n) is 0.675. The SMILES string of the molecule is O=C(C=CCC(O)CO)OCC(O)CO. The number of esters is 1. The summed E-state index contributed by atoms with van der Waals surface area (Å²) in [6, 6.07) is 0. The molecule has 0 spiro atoms. The summed E-state index contributed by atoms with van der Waals surface area (Å²) in [5.41, 5.74) is 0. The Balaban J connectivity index is 3.64. The first-order chi connectivity index (χ1) is 7.10. The zero-order chi connectivity index (χ0) is 11.7. The number of carbonyl (C=O) groups excluding carboxylic acids is 1. The zero-order valence-corrected chi connectivity index (χ0v) is 8.24. The van der Waals surface area contributed by atoms with Gasteiger partial charge < -0.3 is 25.2 Å². The Bertz CT molecular complexity index is 203. The van der Waals surface area contributed by atoms with Gasteiger partial charge in [-0.15, -0.1) is 0 Å². The van der Waals surface area contributed by atoms with Crippen molar-refractivity contribution in [3.05, 3.63) is 12.2 Å². The third-order valence-corrected chi connectivity index (χ3v) is 1.50. The van der Waals surface area contributed by atoms with Gasteiger partial charge in [-0.2, -0.15) is 0 Å². The molecule has 0 aromatic heterocycles. The van der Waals surface area contributed by atoms with Crippen LogP contribution in [0, 0.1) is 0 Å². The summed E-state index contributed by atoms with van der Waals surface area (Å²) in [6.07, 6.45) is 0.619. The van der Waals surface area contributed by atoms with Crippen LogP contribution in [0.5, 0.6) is 0 Å². The first-order valence-electron chi connectivity index (χ1n) is 4.51. The molecule has 0 aliphatic rings. The predicted octanol–water partition coefficient (Wildman–Crippen LogP) is -1.82. The van der Waals surface area contributed by atoms with Gasteiger partial charge in [0.2, 0.25) is 0 Å². The molecule has 0 rings (SSSR count). The third kappa shape index (κ3) is 8.07. The van der Waals surface area contributed by atoms with Crippen molar-refractivity contribution < 1.29 is 30.0 Å². The van der Waals surface area contributed by atoms with E-state index in [1.807, 2.05) is 0 Å². The van der Waals surface area contributed by atoms with Crippen molar-refractivity contribution in [3.63, 3.8) is 0 Å². The molecule has 4 N–H and O–H groups in total. The van der Waals surface area contributed by atoms with Crippen molar-refractivity contribution in [2.45, 2.75) is 18.6 Å². The molecule has 2 unspecified atom stereocenters. The van der Waals surface area contributed by atoms with Crippen LogP contribution in [-0.2, 0) is 9.53 Å². The molecule has 0 saturated carbocycles. The summed E-state index contributed by atoms with van der Waals surface area (Å²) < 4.78 is 4.53. The molecule has 0 radical (unpaired) electrons. The lowest BCUT2D eigenvalue weighted by atomic mass is 10.2. The first kappa shape index (κ1) is 14.1. The summed E-state index contributed by atoms with van der Waals surface area (Å²) in [7, 11) is 0. The van der Waals surface area contributed by atoms with Crippen molar-refractivity contribution in [3.8, 4) is 0 Å². The highest BCUT2D eigenvalue weighted by Gasteiger charge is 2.05. The largest absolute Gasteiger partial charge is 0.460 e. The molecule has 0 heterocycles. The smallest absolute Gasteiger partial charge is 0.330 e. The van der Waals surface area contributed by atoms with Crippen molar-refractivity contribution >= 4 is 5.97 Å². The molecule has 0 aliphatic carbocycles. The van der Waals surface area contributed by atoms with E-state index in [0.29, 0.717) is 0 Å². The Kier molecular flexibility index (Phi) is 7.84. The average molecular weight is 220 g/mol. The van der Waals surface area contributed by atoms with Crippen molar-refractivity contribution in [1.82, 2.24) is 0 Å². The van der Waals surface area contributed by atoms with Gasteiger partial charge >= 0.3 is 5.97 Å². The molecule has 2 atom stereocenters. The van der Waals surface area contributed by atoms with Gasteiger partial charge in [0.1, 0.15) is 12.7 Å². The molecule has 6 heteroatoms. The maximum Gasteiger partial charge on any atom is 0.330 e. The van der Waals surface area contributed by atoms with Crippen LogP contribution in [0.4, 0.5) is 0 Å². The summed E-state index contributed by atoms with van der Waals surface area (Å²) in [4.78, 5) is 10.9. The highest BCUT2D eigenvalue weighted by atomic mass is 16.5. The van der Waals surface area contributed by atoms with Gasteiger partial charge in [0, 0.05) is 6.08 Å². The summed E-state index contributed by atoms with van der Waals surface area (Å²) in [6.45, 7) is -1.12. The van der Waals surface area contributed by atoms with Crippen LogP contribution < -0.4 is 0 Å². The number of ether oxygens (including phenoxy) is 1. The minimum absolute atomic E-state index is 0.147. The van der Waals surface area contributed by atoms with Gasteiger partial charge in [0.15, 0.2) is 0 Å². The topological polar surface area (TPSA) is 107 Å².